The van der Waals surface area contributed by atoms with Gasteiger partial charge in [-0.25, -0.2) is 14.2 Å². The first-order chi connectivity index (χ1) is 8.11. The van der Waals surface area contributed by atoms with Gasteiger partial charge in [-0.15, -0.1) is 11.3 Å². The highest BCUT2D eigenvalue weighted by Gasteiger charge is 2.17. The molecule has 2 aromatic rings. The molecule has 3 N–H and O–H groups in total. The minimum absolute atomic E-state index is 0.340. The van der Waals surface area contributed by atoms with Crippen LogP contribution in [0.15, 0.2) is 29.6 Å². The van der Waals surface area contributed by atoms with E-state index in [1.54, 1.807) is 11.3 Å². The van der Waals surface area contributed by atoms with Crippen molar-refractivity contribution >= 4 is 11.3 Å². The normalized spacial score (nSPS) is 12.7. The van der Waals surface area contributed by atoms with Crippen LogP contribution >= 0.6 is 11.3 Å². The van der Waals surface area contributed by atoms with E-state index in [1.807, 2.05) is 18.4 Å². The first-order valence-corrected chi connectivity index (χ1v) is 5.96. The first-order valence-electron chi connectivity index (χ1n) is 5.08. The summed E-state index contributed by atoms with van der Waals surface area (Å²) in [5.74, 6) is 4.25. The summed E-state index contributed by atoms with van der Waals surface area (Å²) in [5.41, 5.74) is 3.77. The van der Waals surface area contributed by atoms with Crippen LogP contribution in [0.1, 0.15) is 22.0 Å². The number of hydrogen-bond acceptors (Lipinski definition) is 3. The number of benzene rings is 1. The van der Waals surface area contributed by atoms with Crippen LogP contribution in [-0.2, 0) is 0 Å². The van der Waals surface area contributed by atoms with E-state index >= 15 is 0 Å². The van der Waals surface area contributed by atoms with Crippen molar-refractivity contribution in [3.8, 4) is 0 Å². The Bertz CT molecular complexity index is 525. The molecular weight excluding hydrogens is 242 g/mol. The number of rotatable bonds is 3. The SMILES string of the molecule is Cc1cc(C(NN)c2ccc(F)cc2F)cs1. The summed E-state index contributed by atoms with van der Waals surface area (Å²) in [6.07, 6.45) is 0. The molecule has 1 aromatic heterocycles. The van der Waals surface area contributed by atoms with Crippen LogP contribution in [0.4, 0.5) is 8.78 Å². The molecule has 0 amide bonds. The molecule has 0 fully saturated rings. The average Bonchev–Trinajstić information content (AvgIpc) is 2.69. The van der Waals surface area contributed by atoms with E-state index in [0.29, 0.717) is 5.56 Å². The van der Waals surface area contributed by atoms with Crippen molar-refractivity contribution in [1.82, 2.24) is 5.43 Å². The van der Waals surface area contributed by atoms with E-state index < -0.39 is 17.7 Å². The second kappa shape index (κ2) is 4.91. The van der Waals surface area contributed by atoms with Gasteiger partial charge in [0, 0.05) is 16.5 Å². The van der Waals surface area contributed by atoms with Gasteiger partial charge in [0.05, 0.1) is 6.04 Å². The van der Waals surface area contributed by atoms with Crippen molar-refractivity contribution in [2.24, 2.45) is 5.84 Å². The number of nitrogens with one attached hydrogen (secondary N) is 1. The third kappa shape index (κ3) is 2.52. The minimum atomic E-state index is -0.600. The Morgan fingerprint density at radius 3 is 2.59 bits per heavy atom. The fraction of sp³-hybridized carbons (Fsp3) is 0.167. The zero-order valence-electron chi connectivity index (χ0n) is 9.21. The molecule has 2 rings (SSSR count). The van der Waals surface area contributed by atoms with Gasteiger partial charge in [0.2, 0.25) is 0 Å². The van der Waals surface area contributed by atoms with Gasteiger partial charge >= 0.3 is 0 Å². The summed E-state index contributed by atoms with van der Waals surface area (Å²) < 4.78 is 26.5. The number of aryl methyl sites for hydroxylation is 1. The van der Waals surface area contributed by atoms with Crippen LogP contribution in [0.25, 0.3) is 0 Å². The van der Waals surface area contributed by atoms with Crippen LogP contribution in [0.5, 0.6) is 0 Å². The highest BCUT2D eigenvalue weighted by atomic mass is 32.1. The van der Waals surface area contributed by atoms with Crippen molar-refractivity contribution in [3.05, 3.63) is 57.3 Å². The molecule has 1 heterocycles. The van der Waals surface area contributed by atoms with E-state index in [0.717, 1.165) is 16.5 Å². The Morgan fingerprint density at radius 2 is 2.06 bits per heavy atom. The van der Waals surface area contributed by atoms with Crippen molar-refractivity contribution in [3.63, 3.8) is 0 Å². The van der Waals surface area contributed by atoms with Crippen molar-refractivity contribution in [2.45, 2.75) is 13.0 Å². The van der Waals surface area contributed by atoms with Gasteiger partial charge < -0.3 is 0 Å². The fourth-order valence-electron chi connectivity index (χ4n) is 1.72. The number of hydrogen-bond donors (Lipinski definition) is 2. The highest BCUT2D eigenvalue weighted by Crippen LogP contribution is 2.27. The Balaban J connectivity index is 2.42. The second-order valence-corrected chi connectivity index (χ2v) is 4.87. The third-order valence-corrected chi connectivity index (χ3v) is 3.40. The Hall–Kier alpha value is -1.30. The highest BCUT2D eigenvalue weighted by molar-refractivity contribution is 7.10. The summed E-state index contributed by atoms with van der Waals surface area (Å²) >= 11 is 1.56. The molecule has 0 aliphatic carbocycles. The largest absolute Gasteiger partial charge is 0.271 e. The monoisotopic (exact) mass is 254 g/mol. The molecule has 1 atom stereocenters. The summed E-state index contributed by atoms with van der Waals surface area (Å²) in [5, 5.41) is 1.91. The number of hydrazine groups is 1. The van der Waals surface area contributed by atoms with Crippen LogP contribution in [0.3, 0.4) is 0 Å². The molecule has 0 aliphatic heterocycles. The molecule has 0 aliphatic rings. The molecule has 2 nitrogen and oxygen atoms in total. The predicted octanol–water partition coefficient (Wildman–Crippen LogP) is 2.89. The van der Waals surface area contributed by atoms with Gasteiger partial charge in [0.15, 0.2) is 0 Å². The number of halogens is 2. The maximum Gasteiger partial charge on any atom is 0.131 e. The molecule has 17 heavy (non-hydrogen) atoms. The van der Waals surface area contributed by atoms with Crippen molar-refractivity contribution < 1.29 is 8.78 Å². The number of nitrogens with two attached hydrogens (primary N) is 1. The smallest absolute Gasteiger partial charge is 0.131 e. The Labute approximate surface area is 102 Å². The minimum Gasteiger partial charge on any atom is -0.271 e. The quantitative estimate of drug-likeness (QED) is 0.653. The first kappa shape index (κ1) is 12.2. The zero-order chi connectivity index (χ0) is 12.4. The van der Waals surface area contributed by atoms with Crippen molar-refractivity contribution in [1.29, 1.82) is 0 Å². The van der Waals surface area contributed by atoms with Gasteiger partial charge in [-0.3, -0.25) is 5.84 Å². The third-order valence-electron chi connectivity index (χ3n) is 2.52. The lowest BCUT2D eigenvalue weighted by Gasteiger charge is -2.15. The van der Waals surface area contributed by atoms with Gasteiger partial charge in [-0.1, -0.05) is 6.07 Å². The molecule has 1 unspecified atom stereocenters. The van der Waals surface area contributed by atoms with Gasteiger partial charge in [0.25, 0.3) is 0 Å². The Kier molecular flexibility index (Phi) is 3.51. The average molecular weight is 254 g/mol. The summed E-state index contributed by atoms with van der Waals surface area (Å²) in [6.45, 7) is 1.96. The molecule has 0 radical (unpaired) electrons. The Morgan fingerprint density at radius 1 is 1.29 bits per heavy atom. The molecule has 0 spiro atoms. The molecule has 0 saturated heterocycles. The summed E-state index contributed by atoms with van der Waals surface area (Å²) in [7, 11) is 0. The van der Waals surface area contributed by atoms with E-state index in [2.05, 4.69) is 5.43 Å². The van der Waals surface area contributed by atoms with Crippen LogP contribution in [0, 0.1) is 18.6 Å². The molecule has 90 valence electrons. The lowest BCUT2D eigenvalue weighted by Crippen LogP contribution is -2.29. The molecule has 5 heteroatoms. The fourth-order valence-corrected chi connectivity index (χ4v) is 2.45. The van der Waals surface area contributed by atoms with Crippen LogP contribution in [0.2, 0.25) is 0 Å². The van der Waals surface area contributed by atoms with Crippen LogP contribution in [-0.4, -0.2) is 0 Å². The van der Waals surface area contributed by atoms with E-state index in [1.165, 1.54) is 12.1 Å². The van der Waals surface area contributed by atoms with E-state index in [4.69, 9.17) is 5.84 Å². The standard InChI is InChI=1S/C12H12F2N2S/c1-7-4-8(6-17-7)12(16-15)10-3-2-9(13)5-11(10)14/h2-6,12,16H,15H2,1H3. The summed E-state index contributed by atoms with van der Waals surface area (Å²) in [6, 6.07) is 4.96. The van der Waals surface area contributed by atoms with Gasteiger partial charge in [0.1, 0.15) is 11.6 Å². The molecule has 1 aromatic carbocycles. The maximum atomic E-state index is 13.6. The van der Waals surface area contributed by atoms with Crippen LogP contribution < -0.4 is 11.3 Å². The zero-order valence-corrected chi connectivity index (χ0v) is 10.0. The van der Waals surface area contributed by atoms with Gasteiger partial charge in [-0.05, 0) is 30.0 Å². The molecular formula is C12H12F2N2S. The topological polar surface area (TPSA) is 38.0 Å². The van der Waals surface area contributed by atoms with E-state index in [-0.39, 0.29) is 0 Å². The van der Waals surface area contributed by atoms with Crippen molar-refractivity contribution in [2.75, 3.05) is 0 Å². The lowest BCUT2D eigenvalue weighted by atomic mass is 10.0. The second-order valence-electron chi connectivity index (χ2n) is 3.76. The van der Waals surface area contributed by atoms with Gasteiger partial charge in [-0.2, -0.15) is 0 Å². The molecule has 0 bridgehead atoms. The molecule has 0 saturated carbocycles. The number of thiophene rings is 1. The summed E-state index contributed by atoms with van der Waals surface area (Å²) in [4.78, 5) is 1.11. The predicted molar refractivity (Wildman–Crippen MR) is 64.6 cm³/mol. The maximum absolute atomic E-state index is 13.6. The lowest BCUT2D eigenvalue weighted by molar-refractivity contribution is 0.542. The van der Waals surface area contributed by atoms with E-state index in [9.17, 15) is 8.78 Å².